The van der Waals surface area contributed by atoms with Gasteiger partial charge < -0.3 is 14.2 Å². The zero-order valence-corrected chi connectivity index (χ0v) is 14.4. The molecule has 0 spiro atoms. The van der Waals surface area contributed by atoms with Crippen LogP contribution in [0.1, 0.15) is 19.4 Å². The van der Waals surface area contributed by atoms with Crippen molar-refractivity contribution >= 4 is 22.6 Å². The summed E-state index contributed by atoms with van der Waals surface area (Å²) in [5.74, 6) is 0.148. The summed E-state index contributed by atoms with van der Waals surface area (Å²) >= 11 is 2.04. The average Bonchev–Trinajstić information content (AvgIpc) is 2.45. The average molecular weight is 430 g/mol. The van der Waals surface area contributed by atoms with E-state index in [1.54, 1.807) is 17.1 Å². The largest absolute Gasteiger partial charge is 0.491 e. The Bertz CT molecular complexity index is 477. The highest BCUT2D eigenvalue weighted by Crippen LogP contribution is 2.31. The van der Waals surface area contributed by atoms with Gasteiger partial charge in [-0.05, 0) is 42.2 Å². The second-order valence-corrected chi connectivity index (χ2v) is 5.07. The van der Waals surface area contributed by atoms with Crippen molar-refractivity contribution in [2.45, 2.75) is 32.4 Å². The Morgan fingerprint density at radius 3 is 2.64 bits per heavy atom. The number of ether oxygens (including phenoxy) is 3. The molecule has 1 rings (SSSR count). The van der Waals surface area contributed by atoms with E-state index in [-0.39, 0.29) is 12.4 Å². The maximum absolute atomic E-state index is 12.6. The molecule has 0 N–H and O–H groups in total. The van der Waals surface area contributed by atoms with E-state index in [9.17, 15) is 13.2 Å². The first kappa shape index (κ1) is 19.2. The van der Waals surface area contributed by atoms with E-state index in [2.05, 4.69) is 0 Å². The van der Waals surface area contributed by atoms with E-state index < -0.39 is 24.1 Å². The van der Waals surface area contributed by atoms with Crippen LogP contribution >= 0.6 is 22.6 Å². The van der Waals surface area contributed by atoms with Crippen LogP contribution in [-0.2, 0) is 15.7 Å². The number of halogens is 4. The molecule has 2 atom stereocenters. The molecule has 0 fully saturated rings. The SMILES string of the molecule is CCOC(C)OC(C=CI)COc1cccc(C(F)(F)F)c1. The molecule has 0 saturated carbocycles. The highest BCUT2D eigenvalue weighted by molar-refractivity contribution is 14.1. The molecule has 0 radical (unpaired) electrons. The van der Waals surface area contributed by atoms with Gasteiger partial charge in [0.2, 0.25) is 0 Å². The van der Waals surface area contributed by atoms with Crippen molar-refractivity contribution in [2.75, 3.05) is 13.2 Å². The lowest BCUT2D eigenvalue weighted by Gasteiger charge is -2.20. The highest BCUT2D eigenvalue weighted by atomic mass is 127. The minimum atomic E-state index is -4.39. The van der Waals surface area contributed by atoms with Crippen molar-refractivity contribution in [2.24, 2.45) is 0 Å². The minimum absolute atomic E-state index is 0.0955. The summed E-state index contributed by atoms with van der Waals surface area (Å²) in [7, 11) is 0. The van der Waals surface area contributed by atoms with Crippen molar-refractivity contribution < 1.29 is 27.4 Å². The number of benzene rings is 1. The second kappa shape index (κ2) is 9.36. The van der Waals surface area contributed by atoms with Crippen LogP contribution in [0.5, 0.6) is 5.75 Å². The van der Waals surface area contributed by atoms with E-state index in [0.717, 1.165) is 12.1 Å². The number of rotatable bonds is 8. The normalized spacial score (nSPS) is 15.0. The molecule has 1 aromatic rings. The van der Waals surface area contributed by atoms with Gasteiger partial charge in [-0.25, -0.2) is 0 Å². The van der Waals surface area contributed by atoms with Crippen LogP contribution in [0.3, 0.4) is 0 Å². The first-order valence-electron chi connectivity index (χ1n) is 6.70. The molecular formula is C15H18F3IO3. The summed E-state index contributed by atoms with van der Waals surface area (Å²) in [5, 5.41) is 0. The van der Waals surface area contributed by atoms with Crippen molar-refractivity contribution in [1.82, 2.24) is 0 Å². The van der Waals surface area contributed by atoms with Crippen molar-refractivity contribution in [3.63, 3.8) is 0 Å². The summed E-state index contributed by atoms with van der Waals surface area (Å²) in [4.78, 5) is 0. The maximum atomic E-state index is 12.6. The first-order chi connectivity index (χ1) is 10.4. The molecule has 0 saturated heterocycles. The predicted octanol–water partition coefficient (Wildman–Crippen LogP) is 4.80. The summed E-state index contributed by atoms with van der Waals surface area (Å²) in [5.41, 5.74) is -0.741. The van der Waals surface area contributed by atoms with Crippen molar-refractivity contribution in [1.29, 1.82) is 0 Å². The third kappa shape index (κ3) is 6.97. The van der Waals surface area contributed by atoms with Crippen LogP contribution < -0.4 is 4.74 Å². The van der Waals surface area contributed by atoms with Gasteiger partial charge in [-0.15, -0.1) is 0 Å². The minimum Gasteiger partial charge on any atom is -0.491 e. The lowest BCUT2D eigenvalue weighted by atomic mass is 10.2. The smallest absolute Gasteiger partial charge is 0.416 e. The summed E-state index contributed by atoms with van der Waals surface area (Å²) in [6.07, 6.45) is -3.47. The molecular weight excluding hydrogens is 412 g/mol. The van der Waals surface area contributed by atoms with Crippen LogP contribution in [0.25, 0.3) is 0 Å². The van der Waals surface area contributed by atoms with Gasteiger partial charge in [-0.2, -0.15) is 13.2 Å². The van der Waals surface area contributed by atoms with E-state index in [1.165, 1.54) is 12.1 Å². The third-order valence-electron chi connectivity index (χ3n) is 2.63. The number of alkyl halides is 3. The van der Waals surface area contributed by atoms with E-state index in [1.807, 2.05) is 29.5 Å². The highest BCUT2D eigenvalue weighted by Gasteiger charge is 2.30. The Labute approximate surface area is 141 Å². The molecule has 124 valence electrons. The molecule has 0 aliphatic carbocycles. The topological polar surface area (TPSA) is 27.7 Å². The fraction of sp³-hybridized carbons (Fsp3) is 0.467. The van der Waals surface area contributed by atoms with Crippen molar-refractivity contribution in [3.05, 3.63) is 40.0 Å². The molecule has 3 nitrogen and oxygen atoms in total. The monoisotopic (exact) mass is 430 g/mol. The molecule has 0 aliphatic heterocycles. The van der Waals surface area contributed by atoms with Crippen molar-refractivity contribution in [3.8, 4) is 5.75 Å². The number of hydrogen-bond acceptors (Lipinski definition) is 3. The van der Waals surface area contributed by atoms with Gasteiger partial charge >= 0.3 is 6.18 Å². The summed E-state index contributed by atoms with van der Waals surface area (Å²) in [6, 6.07) is 4.76. The standard InChI is InChI=1S/C15H18F3IO3/c1-3-20-11(2)22-14(7-8-19)10-21-13-6-4-5-12(9-13)15(16,17)18/h4-9,11,14H,3,10H2,1-2H3. The molecule has 2 unspecified atom stereocenters. The third-order valence-corrected chi connectivity index (χ3v) is 3.05. The van der Waals surface area contributed by atoms with Gasteiger partial charge in [0.1, 0.15) is 18.5 Å². The summed E-state index contributed by atoms with van der Waals surface area (Å²) < 4.78 is 55.9. The molecule has 22 heavy (non-hydrogen) atoms. The van der Waals surface area contributed by atoms with Gasteiger partial charge in [0.15, 0.2) is 6.29 Å². The van der Waals surface area contributed by atoms with Crippen LogP contribution in [0.2, 0.25) is 0 Å². The van der Waals surface area contributed by atoms with Crippen LogP contribution in [0, 0.1) is 0 Å². The predicted molar refractivity (Wildman–Crippen MR) is 86.1 cm³/mol. The molecule has 7 heteroatoms. The van der Waals surface area contributed by atoms with Crippen LogP contribution in [0.15, 0.2) is 34.4 Å². The molecule has 0 aromatic heterocycles. The Balaban J connectivity index is 2.65. The lowest BCUT2D eigenvalue weighted by molar-refractivity contribution is -0.151. The molecule has 0 heterocycles. The quantitative estimate of drug-likeness (QED) is 0.438. The second-order valence-electron chi connectivity index (χ2n) is 4.35. The molecule has 1 aromatic carbocycles. The fourth-order valence-electron chi connectivity index (χ4n) is 1.68. The van der Waals surface area contributed by atoms with E-state index >= 15 is 0 Å². The van der Waals surface area contributed by atoms with Gasteiger partial charge in [-0.1, -0.05) is 28.7 Å². The first-order valence-corrected chi connectivity index (χ1v) is 7.95. The van der Waals surface area contributed by atoms with E-state index in [0.29, 0.717) is 6.61 Å². The zero-order chi connectivity index (χ0) is 16.6. The van der Waals surface area contributed by atoms with Gasteiger partial charge in [0.05, 0.1) is 5.56 Å². The van der Waals surface area contributed by atoms with Crippen LogP contribution in [-0.4, -0.2) is 25.6 Å². The molecule has 0 amide bonds. The van der Waals surface area contributed by atoms with Gasteiger partial charge in [0.25, 0.3) is 0 Å². The van der Waals surface area contributed by atoms with E-state index in [4.69, 9.17) is 14.2 Å². The Morgan fingerprint density at radius 1 is 1.32 bits per heavy atom. The van der Waals surface area contributed by atoms with Gasteiger partial charge in [-0.3, -0.25) is 0 Å². The van der Waals surface area contributed by atoms with Crippen LogP contribution in [0.4, 0.5) is 13.2 Å². The Hall–Kier alpha value is -0.800. The maximum Gasteiger partial charge on any atom is 0.416 e. The Morgan fingerprint density at radius 2 is 2.05 bits per heavy atom. The Kier molecular flexibility index (Phi) is 8.19. The molecule has 0 bridgehead atoms. The van der Waals surface area contributed by atoms with Gasteiger partial charge in [0, 0.05) is 6.61 Å². The number of hydrogen-bond donors (Lipinski definition) is 0. The lowest BCUT2D eigenvalue weighted by Crippen LogP contribution is -2.26. The molecule has 0 aliphatic rings. The zero-order valence-electron chi connectivity index (χ0n) is 12.3. The fourth-order valence-corrected chi connectivity index (χ4v) is 2.15. The summed E-state index contributed by atoms with van der Waals surface area (Å²) in [6.45, 7) is 4.21.